The van der Waals surface area contributed by atoms with Crippen LogP contribution in [-0.2, 0) is 21.7 Å². The predicted octanol–water partition coefficient (Wildman–Crippen LogP) is 3.98. The van der Waals surface area contributed by atoms with E-state index in [1.54, 1.807) is 60.7 Å². The molecule has 35 heavy (non-hydrogen) atoms. The molecule has 1 unspecified atom stereocenters. The molecule has 5 rings (SSSR count). The van der Waals surface area contributed by atoms with Crippen LogP contribution in [0.5, 0.6) is 11.5 Å². The number of methoxy groups -OCH3 is 2. The molecule has 1 aliphatic rings. The maximum Gasteiger partial charge on any atom is 0.342 e. The first kappa shape index (κ1) is 22.5. The SMILES string of the molecule is COc1ccc(C2(O)OC(=O)C(c3ccc4nsnc4c3)=C2Cc2ccc(C#N)cc2)cc1OC. The largest absolute Gasteiger partial charge is 0.493 e. The van der Waals surface area contributed by atoms with Crippen LogP contribution in [0.25, 0.3) is 16.6 Å². The van der Waals surface area contributed by atoms with Crippen molar-refractivity contribution in [3.8, 4) is 17.6 Å². The maximum atomic E-state index is 13.2. The average Bonchev–Trinajstić information content (AvgIpc) is 3.45. The summed E-state index contributed by atoms with van der Waals surface area (Å²) in [5, 5.41) is 21.0. The minimum absolute atomic E-state index is 0.199. The summed E-state index contributed by atoms with van der Waals surface area (Å²) in [6.45, 7) is 0. The molecule has 0 amide bonds. The number of aliphatic hydroxyl groups is 1. The van der Waals surface area contributed by atoms with Crippen LogP contribution in [0.15, 0.2) is 66.2 Å². The molecule has 1 aromatic heterocycles. The third-order valence-electron chi connectivity index (χ3n) is 5.94. The maximum absolute atomic E-state index is 13.2. The van der Waals surface area contributed by atoms with Crippen LogP contribution in [-0.4, -0.2) is 34.0 Å². The molecule has 0 saturated carbocycles. The summed E-state index contributed by atoms with van der Waals surface area (Å²) in [6, 6.07) is 19.2. The van der Waals surface area contributed by atoms with Gasteiger partial charge in [0.2, 0.25) is 0 Å². The number of rotatable bonds is 6. The summed E-state index contributed by atoms with van der Waals surface area (Å²) < 4.78 is 24.9. The molecule has 0 radical (unpaired) electrons. The minimum Gasteiger partial charge on any atom is -0.493 e. The number of esters is 1. The zero-order valence-electron chi connectivity index (χ0n) is 18.8. The lowest BCUT2D eigenvalue weighted by Crippen LogP contribution is -2.29. The van der Waals surface area contributed by atoms with Gasteiger partial charge in [0.15, 0.2) is 11.5 Å². The van der Waals surface area contributed by atoms with E-state index in [4.69, 9.17) is 19.5 Å². The van der Waals surface area contributed by atoms with Crippen molar-refractivity contribution in [2.24, 2.45) is 0 Å². The predicted molar refractivity (Wildman–Crippen MR) is 129 cm³/mol. The summed E-state index contributed by atoms with van der Waals surface area (Å²) in [4.78, 5) is 13.2. The van der Waals surface area contributed by atoms with Gasteiger partial charge in [0.05, 0.1) is 43.2 Å². The van der Waals surface area contributed by atoms with Crippen LogP contribution in [0, 0.1) is 11.3 Å². The number of aromatic nitrogens is 2. The fourth-order valence-electron chi connectivity index (χ4n) is 4.16. The standard InChI is InChI=1S/C26H19N3O5S/c1-32-22-10-8-18(13-23(22)33-2)26(31)19(11-15-3-5-16(14-27)6-4-15)24(25(30)34-26)17-7-9-20-21(12-17)29-35-28-20/h3-10,12-13,31H,11H2,1-2H3. The van der Waals surface area contributed by atoms with Gasteiger partial charge in [-0.1, -0.05) is 18.2 Å². The molecule has 0 fully saturated rings. The molecule has 0 spiro atoms. The van der Waals surface area contributed by atoms with Crippen LogP contribution in [0.2, 0.25) is 0 Å². The van der Waals surface area contributed by atoms with Crippen LogP contribution < -0.4 is 9.47 Å². The Morgan fingerprint density at radius 2 is 1.74 bits per heavy atom. The molecule has 9 heteroatoms. The normalized spacial score (nSPS) is 17.4. The van der Waals surface area contributed by atoms with Gasteiger partial charge in [-0.15, -0.1) is 0 Å². The Balaban J connectivity index is 1.70. The van der Waals surface area contributed by atoms with E-state index < -0.39 is 11.8 Å². The number of hydrogen-bond acceptors (Lipinski definition) is 9. The van der Waals surface area contributed by atoms with Gasteiger partial charge in [-0.25, -0.2) is 4.79 Å². The molecule has 0 aliphatic carbocycles. The molecular formula is C26H19N3O5S. The van der Waals surface area contributed by atoms with Gasteiger partial charge in [0, 0.05) is 17.6 Å². The van der Waals surface area contributed by atoms with Crippen molar-refractivity contribution in [1.29, 1.82) is 5.26 Å². The van der Waals surface area contributed by atoms with Gasteiger partial charge in [0.25, 0.3) is 5.79 Å². The van der Waals surface area contributed by atoms with Gasteiger partial charge >= 0.3 is 5.97 Å². The zero-order valence-corrected chi connectivity index (χ0v) is 19.6. The molecule has 0 bridgehead atoms. The number of nitriles is 1. The zero-order chi connectivity index (χ0) is 24.6. The Morgan fingerprint density at radius 1 is 1.00 bits per heavy atom. The first-order valence-electron chi connectivity index (χ1n) is 10.6. The van der Waals surface area contributed by atoms with Crippen LogP contribution in [0.4, 0.5) is 0 Å². The van der Waals surface area contributed by atoms with E-state index in [0.29, 0.717) is 39.3 Å². The molecule has 174 valence electrons. The quantitative estimate of drug-likeness (QED) is 0.408. The lowest BCUT2D eigenvalue weighted by atomic mass is 9.87. The molecule has 3 aromatic carbocycles. The number of carbonyl (C=O) groups is 1. The van der Waals surface area contributed by atoms with Crippen LogP contribution in [0.3, 0.4) is 0 Å². The number of carbonyl (C=O) groups excluding carboxylic acids is 1. The third kappa shape index (κ3) is 3.89. The number of fused-ring (bicyclic) bond motifs is 1. The summed E-state index contributed by atoms with van der Waals surface area (Å²) in [7, 11) is 3.00. The summed E-state index contributed by atoms with van der Waals surface area (Å²) in [5.41, 5.74) is 4.17. The lowest BCUT2D eigenvalue weighted by molar-refractivity contribution is -0.185. The third-order valence-corrected chi connectivity index (χ3v) is 6.49. The van der Waals surface area contributed by atoms with E-state index in [2.05, 4.69) is 14.8 Å². The summed E-state index contributed by atoms with van der Waals surface area (Å²) in [5.74, 6) is -1.85. The fourth-order valence-corrected chi connectivity index (χ4v) is 4.68. The Morgan fingerprint density at radius 3 is 2.46 bits per heavy atom. The van der Waals surface area contributed by atoms with Crippen LogP contribution in [0.1, 0.15) is 22.3 Å². The summed E-state index contributed by atoms with van der Waals surface area (Å²) in [6.07, 6.45) is 0.199. The van der Waals surface area contributed by atoms with E-state index >= 15 is 0 Å². The number of nitrogens with zero attached hydrogens (tertiary/aromatic N) is 3. The lowest BCUT2D eigenvalue weighted by Gasteiger charge is -2.26. The highest BCUT2D eigenvalue weighted by Gasteiger charge is 2.48. The van der Waals surface area contributed by atoms with Crippen molar-refractivity contribution in [3.05, 3.63) is 88.5 Å². The number of ether oxygens (including phenoxy) is 3. The molecule has 0 saturated heterocycles. The van der Waals surface area contributed by atoms with E-state index in [1.165, 1.54) is 14.2 Å². The summed E-state index contributed by atoms with van der Waals surface area (Å²) >= 11 is 1.08. The Bertz CT molecular complexity index is 1520. The van der Waals surface area contributed by atoms with Gasteiger partial charge in [-0.3, -0.25) is 0 Å². The fraction of sp³-hybridized carbons (Fsp3) is 0.154. The van der Waals surface area contributed by atoms with Crippen LogP contribution >= 0.6 is 11.7 Å². The Labute approximate surface area is 205 Å². The van der Waals surface area contributed by atoms with Crippen molar-refractivity contribution >= 4 is 34.3 Å². The van der Waals surface area contributed by atoms with E-state index in [1.807, 2.05) is 0 Å². The van der Waals surface area contributed by atoms with Crippen molar-refractivity contribution in [3.63, 3.8) is 0 Å². The first-order valence-corrected chi connectivity index (χ1v) is 11.3. The van der Waals surface area contributed by atoms with E-state index in [9.17, 15) is 9.90 Å². The molecule has 1 aliphatic heterocycles. The van der Waals surface area contributed by atoms with Gasteiger partial charge < -0.3 is 19.3 Å². The molecule has 1 atom stereocenters. The average molecular weight is 486 g/mol. The van der Waals surface area contributed by atoms with Gasteiger partial charge in [-0.05, 0) is 53.6 Å². The topological polar surface area (TPSA) is 115 Å². The first-order chi connectivity index (χ1) is 17.0. The van der Waals surface area contributed by atoms with Crippen molar-refractivity contribution in [2.45, 2.75) is 12.2 Å². The molecule has 8 nitrogen and oxygen atoms in total. The van der Waals surface area contributed by atoms with E-state index in [-0.39, 0.29) is 12.0 Å². The Kier molecular flexibility index (Phi) is 5.68. The van der Waals surface area contributed by atoms with Gasteiger partial charge in [-0.2, -0.15) is 14.0 Å². The smallest absolute Gasteiger partial charge is 0.342 e. The second-order valence-electron chi connectivity index (χ2n) is 7.91. The van der Waals surface area contributed by atoms with E-state index in [0.717, 1.165) is 22.8 Å². The highest BCUT2D eigenvalue weighted by atomic mass is 32.1. The minimum atomic E-state index is -2.05. The molecular weight excluding hydrogens is 466 g/mol. The number of cyclic esters (lactones) is 1. The highest BCUT2D eigenvalue weighted by molar-refractivity contribution is 7.00. The second kappa shape index (κ2) is 8.83. The van der Waals surface area contributed by atoms with Crippen molar-refractivity contribution in [1.82, 2.24) is 8.75 Å². The Hall–Kier alpha value is -4.26. The second-order valence-corrected chi connectivity index (χ2v) is 8.44. The van der Waals surface area contributed by atoms with Crippen molar-refractivity contribution < 1.29 is 24.1 Å². The highest BCUT2D eigenvalue weighted by Crippen LogP contribution is 2.46. The molecule has 1 N–H and O–H groups in total. The molecule has 4 aromatic rings. The van der Waals surface area contributed by atoms with Gasteiger partial charge in [0.1, 0.15) is 11.0 Å². The number of hydrogen-bond donors (Lipinski definition) is 1. The van der Waals surface area contributed by atoms with Crippen molar-refractivity contribution in [2.75, 3.05) is 14.2 Å². The molecule has 2 heterocycles. The monoisotopic (exact) mass is 485 g/mol. The number of benzene rings is 3.